The van der Waals surface area contributed by atoms with Gasteiger partial charge in [-0.2, -0.15) is 0 Å². The van der Waals surface area contributed by atoms with Crippen LogP contribution in [0.15, 0.2) is 6.33 Å². The van der Waals surface area contributed by atoms with Crippen LogP contribution in [0.5, 0.6) is 0 Å². The minimum atomic E-state index is -0.0253. The minimum Gasteiger partial charge on any atom is -0.342 e. The van der Waals surface area contributed by atoms with Crippen molar-refractivity contribution >= 4 is 5.91 Å². The number of aromatic nitrogens is 3. The maximum absolute atomic E-state index is 12.2. The van der Waals surface area contributed by atoms with Crippen molar-refractivity contribution < 1.29 is 4.79 Å². The number of piperidine rings is 1. The molecular weight excluding hydrogens is 242 g/mol. The van der Waals surface area contributed by atoms with E-state index in [2.05, 4.69) is 10.2 Å². The summed E-state index contributed by atoms with van der Waals surface area (Å²) in [5.41, 5.74) is 5.86. The van der Waals surface area contributed by atoms with Crippen LogP contribution < -0.4 is 5.73 Å². The van der Waals surface area contributed by atoms with Gasteiger partial charge < -0.3 is 15.2 Å². The number of aryl methyl sites for hydroxylation is 1. The molecule has 1 aliphatic heterocycles. The van der Waals surface area contributed by atoms with Crippen molar-refractivity contribution in [2.45, 2.75) is 44.6 Å². The van der Waals surface area contributed by atoms with Gasteiger partial charge in [0.05, 0.1) is 0 Å². The molecule has 0 aliphatic carbocycles. The molecule has 106 valence electrons. The summed E-state index contributed by atoms with van der Waals surface area (Å²) >= 11 is 0. The number of rotatable bonds is 4. The number of hydrogen-bond acceptors (Lipinski definition) is 4. The fourth-order valence-corrected chi connectivity index (χ4v) is 2.57. The van der Waals surface area contributed by atoms with E-state index in [-0.39, 0.29) is 11.9 Å². The Morgan fingerprint density at radius 1 is 1.63 bits per heavy atom. The van der Waals surface area contributed by atoms with Crippen LogP contribution in [0, 0.1) is 0 Å². The molecule has 1 aliphatic rings. The molecule has 0 radical (unpaired) electrons. The second kappa shape index (κ2) is 6.14. The zero-order valence-electron chi connectivity index (χ0n) is 11.7. The van der Waals surface area contributed by atoms with Gasteiger partial charge in [-0.15, -0.1) is 10.2 Å². The van der Waals surface area contributed by atoms with E-state index in [1.807, 2.05) is 23.4 Å². The third kappa shape index (κ3) is 3.32. The Morgan fingerprint density at radius 3 is 3.05 bits per heavy atom. The van der Waals surface area contributed by atoms with Gasteiger partial charge in [-0.1, -0.05) is 6.92 Å². The first kappa shape index (κ1) is 14.0. The summed E-state index contributed by atoms with van der Waals surface area (Å²) in [5, 5.41) is 8.08. The van der Waals surface area contributed by atoms with Crippen LogP contribution in [0.2, 0.25) is 0 Å². The maximum Gasteiger partial charge on any atom is 0.224 e. The average molecular weight is 265 g/mol. The number of amides is 1. The van der Waals surface area contributed by atoms with Crippen molar-refractivity contribution in [3.8, 4) is 0 Å². The molecule has 1 amide bonds. The van der Waals surface area contributed by atoms with Gasteiger partial charge in [-0.05, 0) is 19.3 Å². The quantitative estimate of drug-likeness (QED) is 0.867. The third-order valence-corrected chi connectivity index (χ3v) is 3.85. The van der Waals surface area contributed by atoms with Gasteiger partial charge in [0.15, 0.2) is 0 Å². The molecule has 1 fully saturated rings. The first-order valence-electron chi connectivity index (χ1n) is 6.99. The Kier molecular flexibility index (Phi) is 4.52. The molecule has 0 saturated carbocycles. The van der Waals surface area contributed by atoms with Crippen LogP contribution in [-0.2, 0) is 11.8 Å². The lowest BCUT2D eigenvalue weighted by atomic mass is 9.96. The van der Waals surface area contributed by atoms with Crippen LogP contribution in [0.4, 0.5) is 0 Å². The van der Waals surface area contributed by atoms with Gasteiger partial charge in [-0.3, -0.25) is 4.79 Å². The zero-order chi connectivity index (χ0) is 13.8. The maximum atomic E-state index is 12.2. The number of hydrogen-bond donors (Lipinski definition) is 1. The molecule has 2 rings (SSSR count). The highest BCUT2D eigenvalue weighted by Crippen LogP contribution is 2.25. The topological polar surface area (TPSA) is 77.0 Å². The molecule has 19 heavy (non-hydrogen) atoms. The van der Waals surface area contributed by atoms with E-state index in [0.717, 1.165) is 38.2 Å². The highest BCUT2D eigenvalue weighted by atomic mass is 16.2. The number of nitrogens with zero attached hydrogens (tertiary/aromatic N) is 4. The monoisotopic (exact) mass is 265 g/mol. The Bertz CT molecular complexity index is 430. The van der Waals surface area contributed by atoms with E-state index < -0.39 is 0 Å². The van der Waals surface area contributed by atoms with Crippen molar-refractivity contribution in [2.24, 2.45) is 12.8 Å². The molecular formula is C13H23N5O. The highest BCUT2D eigenvalue weighted by Gasteiger charge is 2.27. The Morgan fingerprint density at radius 2 is 2.42 bits per heavy atom. The summed E-state index contributed by atoms with van der Waals surface area (Å²) in [6.45, 7) is 3.59. The van der Waals surface area contributed by atoms with Crippen LogP contribution in [-0.4, -0.2) is 44.7 Å². The lowest BCUT2D eigenvalue weighted by Crippen LogP contribution is -2.41. The Balaban J connectivity index is 1.97. The second-order valence-corrected chi connectivity index (χ2v) is 5.35. The largest absolute Gasteiger partial charge is 0.342 e. The molecule has 1 saturated heterocycles. The van der Waals surface area contributed by atoms with Crippen LogP contribution in [0.25, 0.3) is 0 Å². The molecule has 1 aromatic rings. The highest BCUT2D eigenvalue weighted by molar-refractivity contribution is 5.77. The second-order valence-electron chi connectivity index (χ2n) is 5.35. The predicted molar refractivity (Wildman–Crippen MR) is 72.4 cm³/mol. The van der Waals surface area contributed by atoms with Crippen molar-refractivity contribution in [3.63, 3.8) is 0 Å². The molecule has 2 atom stereocenters. The zero-order valence-corrected chi connectivity index (χ0v) is 11.7. The first-order valence-corrected chi connectivity index (χ1v) is 6.99. The summed E-state index contributed by atoms with van der Waals surface area (Å²) in [6.07, 6.45) is 5.08. The first-order chi connectivity index (χ1) is 9.11. The van der Waals surface area contributed by atoms with E-state index in [4.69, 9.17) is 5.73 Å². The lowest BCUT2D eigenvalue weighted by Gasteiger charge is -2.32. The average Bonchev–Trinajstić information content (AvgIpc) is 2.85. The lowest BCUT2D eigenvalue weighted by molar-refractivity contribution is -0.132. The van der Waals surface area contributed by atoms with Crippen molar-refractivity contribution in [2.75, 3.05) is 13.1 Å². The van der Waals surface area contributed by atoms with E-state index in [0.29, 0.717) is 12.3 Å². The third-order valence-electron chi connectivity index (χ3n) is 3.85. The molecule has 0 aromatic carbocycles. The Hall–Kier alpha value is -1.43. The van der Waals surface area contributed by atoms with Crippen LogP contribution in [0.1, 0.15) is 44.3 Å². The molecule has 2 heterocycles. The molecule has 0 spiro atoms. The number of carbonyl (C=O) groups is 1. The normalized spacial score (nSPS) is 21.4. The molecule has 1 aromatic heterocycles. The SMILES string of the molecule is CCC(N)CC(=O)N1CCCC(c2nncn2C)C1. The summed E-state index contributed by atoms with van der Waals surface area (Å²) in [7, 11) is 1.95. The molecule has 6 heteroatoms. The van der Waals surface area contributed by atoms with E-state index in [1.165, 1.54) is 0 Å². The number of carbonyl (C=O) groups excluding carboxylic acids is 1. The van der Waals surface area contributed by atoms with Crippen molar-refractivity contribution in [1.29, 1.82) is 0 Å². The van der Waals surface area contributed by atoms with Gasteiger partial charge in [0.2, 0.25) is 5.91 Å². The predicted octanol–water partition coefficient (Wildman–Crippen LogP) is 0.648. The van der Waals surface area contributed by atoms with Crippen LogP contribution in [0.3, 0.4) is 0 Å². The summed E-state index contributed by atoms with van der Waals surface area (Å²) in [4.78, 5) is 14.1. The van der Waals surface area contributed by atoms with Gasteiger partial charge in [-0.25, -0.2) is 0 Å². The van der Waals surface area contributed by atoms with Crippen LogP contribution >= 0.6 is 0 Å². The minimum absolute atomic E-state index is 0.0253. The van der Waals surface area contributed by atoms with Gasteiger partial charge >= 0.3 is 0 Å². The molecule has 0 bridgehead atoms. The van der Waals surface area contributed by atoms with E-state index >= 15 is 0 Å². The summed E-state index contributed by atoms with van der Waals surface area (Å²) in [6, 6.07) is -0.0253. The molecule has 2 unspecified atom stereocenters. The number of nitrogens with two attached hydrogens (primary N) is 1. The fraction of sp³-hybridized carbons (Fsp3) is 0.769. The number of likely N-dealkylation sites (tertiary alicyclic amines) is 1. The van der Waals surface area contributed by atoms with Gasteiger partial charge in [0.1, 0.15) is 12.2 Å². The Labute approximate surface area is 114 Å². The molecule has 6 nitrogen and oxygen atoms in total. The van der Waals surface area contributed by atoms with Crippen molar-refractivity contribution in [1.82, 2.24) is 19.7 Å². The smallest absolute Gasteiger partial charge is 0.224 e. The van der Waals surface area contributed by atoms with E-state index in [1.54, 1.807) is 6.33 Å². The van der Waals surface area contributed by atoms with Crippen molar-refractivity contribution in [3.05, 3.63) is 12.2 Å². The van der Waals surface area contributed by atoms with Gasteiger partial charge in [0, 0.05) is 38.5 Å². The standard InChI is InChI=1S/C13H23N5O/c1-3-11(14)7-12(19)18-6-4-5-10(8-18)13-16-15-9-17(13)2/h9-11H,3-8,14H2,1-2H3. The summed E-state index contributed by atoms with van der Waals surface area (Å²) in [5.74, 6) is 1.43. The fourth-order valence-electron chi connectivity index (χ4n) is 2.57. The molecule has 2 N–H and O–H groups in total. The summed E-state index contributed by atoms with van der Waals surface area (Å²) < 4.78 is 1.94. The van der Waals surface area contributed by atoms with E-state index in [9.17, 15) is 4.79 Å². The van der Waals surface area contributed by atoms with Gasteiger partial charge in [0.25, 0.3) is 0 Å².